The van der Waals surface area contributed by atoms with Crippen molar-refractivity contribution in [3.8, 4) is 0 Å². The predicted molar refractivity (Wildman–Crippen MR) is 85.4 cm³/mol. The summed E-state index contributed by atoms with van der Waals surface area (Å²) in [5, 5.41) is 14.7. The number of hydrogen-bond donors (Lipinski definition) is 2. The highest BCUT2D eigenvalue weighted by atomic mass is 16.6. The van der Waals surface area contributed by atoms with Gasteiger partial charge in [-0.1, -0.05) is 7.43 Å². The Kier molecular flexibility index (Phi) is 5.45. The van der Waals surface area contributed by atoms with Crippen LogP contribution < -0.4 is 5.73 Å². The van der Waals surface area contributed by atoms with Crippen LogP contribution in [-0.4, -0.2) is 50.2 Å². The number of hydrogen-bond acceptors (Lipinski definition) is 5. The van der Waals surface area contributed by atoms with Gasteiger partial charge in [-0.05, 0) is 39.7 Å². The lowest BCUT2D eigenvalue weighted by Gasteiger charge is -2.38. The molecule has 1 aliphatic heterocycles. The number of aliphatic hydroxyl groups is 1. The molecule has 1 aromatic rings. The van der Waals surface area contributed by atoms with Crippen molar-refractivity contribution < 1.29 is 14.6 Å². The van der Waals surface area contributed by atoms with Crippen LogP contribution in [0.2, 0.25) is 0 Å². The average molecular weight is 312 g/mol. The molecule has 1 fully saturated rings. The number of carbonyl (C=O) groups excluding carboxylic acids is 1. The zero-order valence-corrected chi connectivity index (χ0v) is 12.9. The minimum absolute atomic E-state index is 0. The largest absolute Gasteiger partial charge is 0.444 e. The highest BCUT2D eigenvalue weighted by Crippen LogP contribution is 2.25. The third-order valence-corrected chi connectivity index (χ3v) is 3.46. The van der Waals surface area contributed by atoms with Gasteiger partial charge in [-0.25, -0.2) is 4.79 Å². The number of rotatable bonds is 2. The molecule has 1 aromatic heterocycles. The van der Waals surface area contributed by atoms with Crippen molar-refractivity contribution in [1.29, 1.82) is 0 Å². The second-order valence-electron chi connectivity index (χ2n) is 6.63. The van der Waals surface area contributed by atoms with Gasteiger partial charge in [0.05, 0.1) is 12.1 Å². The van der Waals surface area contributed by atoms with Gasteiger partial charge >= 0.3 is 6.09 Å². The molecule has 0 aliphatic carbocycles. The van der Waals surface area contributed by atoms with Crippen molar-refractivity contribution in [3.05, 3.63) is 12.3 Å². The maximum absolute atomic E-state index is 12.0. The molecular weight excluding hydrogens is 284 g/mol. The van der Waals surface area contributed by atoms with Crippen LogP contribution in [-0.2, 0) is 11.3 Å². The standard InChI is InChI=1S/C14H24N4O3.CH4/c1-13(2,3)21-12(19)17-8-5-14(20,6-9-17)10-18-7-4-11(15)16-18;/h4,7,20H,5-6,8-10H2,1-3H3,(H2,15,16);1H4. The fraction of sp³-hybridized carbons (Fsp3) is 0.733. The Morgan fingerprint density at radius 3 is 2.50 bits per heavy atom. The minimum Gasteiger partial charge on any atom is -0.444 e. The average Bonchev–Trinajstić information content (AvgIpc) is 2.72. The zero-order chi connectivity index (χ0) is 15.7. The van der Waals surface area contributed by atoms with Gasteiger partial charge in [-0.2, -0.15) is 5.10 Å². The molecule has 126 valence electrons. The lowest BCUT2D eigenvalue weighted by molar-refractivity contribution is -0.0431. The summed E-state index contributed by atoms with van der Waals surface area (Å²) >= 11 is 0. The van der Waals surface area contributed by atoms with E-state index in [1.807, 2.05) is 20.8 Å². The predicted octanol–water partition coefficient (Wildman–Crippen LogP) is 1.86. The number of anilines is 1. The third kappa shape index (κ3) is 4.91. The quantitative estimate of drug-likeness (QED) is 0.869. The van der Waals surface area contributed by atoms with Crippen LogP contribution in [0.4, 0.5) is 10.6 Å². The van der Waals surface area contributed by atoms with Gasteiger partial charge < -0.3 is 20.5 Å². The van der Waals surface area contributed by atoms with Crippen molar-refractivity contribution in [2.75, 3.05) is 18.8 Å². The fourth-order valence-corrected chi connectivity index (χ4v) is 2.36. The van der Waals surface area contributed by atoms with Crippen LogP contribution in [0.15, 0.2) is 12.3 Å². The summed E-state index contributed by atoms with van der Waals surface area (Å²) < 4.78 is 6.98. The molecule has 2 heterocycles. The van der Waals surface area contributed by atoms with Gasteiger partial charge in [-0.15, -0.1) is 0 Å². The highest BCUT2D eigenvalue weighted by Gasteiger charge is 2.35. The molecule has 2 rings (SSSR count). The van der Waals surface area contributed by atoms with Crippen LogP contribution in [0.1, 0.15) is 41.0 Å². The molecule has 0 bridgehead atoms. The lowest BCUT2D eigenvalue weighted by Crippen LogP contribution is -2.49. The molecule has 0 spiro atoms. The Morgan fingerprint density at radius 1 is 1.45 bits per heavy atom. The molecule has 1 aliphatic rings. The first-order chi connectivity index (χ1) is 9.67. The minimum atomic E-state index is -0.864. The normalized spacial score (nSPS) is 17.7. The molecule has 3 N–H and O–H groups in total. The van der Waals surface area contributed by atoms with E-state index in [1.165, 1.54) is 0 Å². The van der Waals surface area contributed by atoms with Crippen LogP contribution in [0.25, 0.3) is 0 Å². The highest BCUT2D eigenvalue weighted by molar-refractivity contribution is 5.68. The van der Waals surface area contributed by atoms with Crippen molar-refractivity contribution >= 4 is 11.9 Å². The molecule has 7 heteroatoms. The lowest BCUT2D eigenvalue weighted by atomic mass is 9.91. The number of aromatic nitrogens is 2. The Morgan fingerprint density at radius 2 is 2.05 bits per heavy atom. The van der Waals surface area contributed by atoms with E-state index >= 15 is 0 Å². The van der Waals surface area contributed by atoms with E-state index in [1.54, 1.807) is 21.8 Å². The second-order valence-corrected chi connectivity index (χ2v) is 6.63. The fourth-order valence-electron chi connectivity index (χ4n) is 2.36. The summed E-state index contributed by atoms with van der Waals surface area (Å²) in [6, 6.07) is 1.69. The first kappa shape index (κ1) is 18.3. The molecule has 22 heavy (non-hydrogen) atoms. The first-order valence-electron chi connectivity index (χ1n) is 7.16. The van der Waals surface area contributed by atoms with Gasteiger partial charge in [0.15, 0.2) is 0 Å². The number of ether oxygens (including phenoxy) is 1. The Hall–Kier alpha value is -1.76. The second kappa shape index (κ2) is 6.56. The third-order valence-electron chi connectivity index (χ3n) is 3.46. The molecule has 0 atom stereocenters. The van der Waals surface area contributed by atoms with Crippen molar-refractivity contribution in [2.45, 2.75) is 58.8 Å². The summed E-state index contributed by atoms with van der Waals surface area (Å²) in [7, 11) is 0. The van der Waals surface area contributed by atoms with E-state index in [2.05, 4.69) is 5.10 Å². The number of nitrogen functional groups attached to an aromatic ring is 1. The van der Waals surface area contributed by atoms with Gasteiger partial charge in [-0.3, -0.25) is 4.68 Å². The molecular formula is C15H28N4O3. The number of amides is 1. The number of likely N-dealkylation sites (tertiary alicyclic amines) is 1. The first-order valence-corrected chi connectivity index (χ1v) is 7.16. The topological polar surface area (TPSA) is 93.6 Å². The molecule has 0 radical (unpaired) electrons. The van der Waals surface area contributed by atoms with E-state index in [4.69, 9.17) is 10.5 Å². The molecule has 1 amide bonds. The maximum atomic E-state index is 12.0. The summed E-state index contributed by atoms with van der Waals surface area (Å²) in [5.74, 6) is 0.435. The number of piperidine rings is 1. The molecule has 1 saturated heterocycles. The summed E-state index contributed by atoms with van der Waals surface area (Å²) in [6.07, 6.45) is 2.40. The monoisotopic (exact) mass is 312 g/mol. The molecule has 0 saturated carbocycles. The molecule has 0 unspecified atom stereocenters. The summed E-state index contributed by atoms with van der Waals surface area (Å²) in [6.45, 7) is 6.85. The Balaban J connectivity index is 0.00000242. The Bertz CT molecular complexity index is 499. The SMILES string of the molecule is C.CC(C)(C)OC(=O)N1CCC(O)(Cn2ccc(N)n2)CC1. The number of nitrogens with two attached hydrogens (primary N) is 1. The van der Waals surface area contributed by atoms with Crippen LogP contribution in [0.5, 0.6) is 0 Å². The van der Waals surface area contributed by atoms with Crippen LogP contribution in [0.3, 0.4) is 0 Å². The zero-order valence-electron chi connectivity index (χ0n) is 12.9. The van der Waals surface area contributed by atoms with Crippen LogP contribution in [0, 0.1) is 0 Å². The maximum Gasteiger partial charge on any atom is 0.410 e. The molecule has 0 aromatic carbocycles. The number of nitrogens with zero attached hydrogens (tertiary/aromatic N) is 3. The van der Waals surface area contributed by atoms with E-state index in [0.29, 0.717) is 38.3 Å². The number of carbonyl (C=O) groups is 1. The van der Waals surface area contributed by atoms with Gasteiger partial charge in [0.1, 0.15) is 11.4 Å². The van der Waals surface area contributed by atoms with Gasteiger partial charge in [0, 0.05) is 19.3 Å². The Labute approximate surface area is 132 Å². The van der Waals surface area contributed by atoms with Crippen molar-refractivity contribution in [2.24, 2.45) is 0 Å². The smallest absolute Gasteiger partial charge is 0.410 e. The van der Waals surface area contributed by atoms with E-state index in [-0.39, 0.29) is 13.5 Å². The van der Waals surface area contributed by atoms with Gasteiger partial charge in [0.25, 0.3) is 0 Å². The van der Waals surface area contributed by atoms with E-state index < -0.39 is 11.2 Å². The summed E-state index contributed by atoms with van der Waals surface area (Å²) in [4.78, 5) is 13.6. The van der Waals surface area contributed by atoms with Crippen LogP contribution >= 0.6 is 0 Å². The van der Waals surface area contributed by atoms with Gasteiger partial charge in [0.2, 0.25) is 0 Å². The molecule has 7 nitrogen and oxygen atoms in total. The van der Waals surface area contributed by atoms with Crippen molar-refractivity contribution in [1.82, 2.24) is 14.7 Å². The van der Waals surface area contributed by atoms with E-state index in [9.17, 15) is 9.90 Å². The van der Waals surface area contributed by atoms with Crippen molar-refractivity contribution in [3.63, 3.8) is 0 Å². The summed E-state index contributed by atoms with van der Waals surface area (Å²) in [5.41, 5.74) is 4.20. The van der Waals surface area contributed by atoms with E-state index in [0.717, 1.165) is 0 Å².